The molecule has 11 heavy (non-hydrogen) atoms. The van der Waals surface area contributed by atoms with Crippen LogP contribution in [0, 0.1) is 0 Å². The first-order chi connectivity index (χ1) is 5.13. The van der Waals surface area contributed by atoms with E-state index in [0.717, 1.165) is 0 Å². The first-order valence-electron chi connectivity index (χ1n) is 2.88. The molecule has 0 saturated carbocycles. The van der Waals surface area contributed by atoms with Crippen molar-refractivity contribution in [3.8, 4) is 0 Å². The fourth-order valence-electron chi connectivity index (χ4n) is 0.737. The van der Waals surface area contributed by atoms with E-state index in [4.69, 9.17) is 5.11 Å². The Bertz CT molecular complexity index is 255. The zero-order chi connectivity index (χ0) is 8.43. The lowest BCUT2D eigenvalue weighted by atomic mass is 10.5. The summed E-state index contributed by atoms with van der Waals surface area (Å²) in [5.74, 6) is -3.36. The number of nitrogens with zero attached hydrogens (tertiary/aromatic N) is 1. The van der Waals surface area contributed by atoms with Gasteiger partial charge in [-0.1, -0.05) is 6.08 Å². The van der Waals surface area contributed by atoms with Crippen LogP contribution in [0.3, 0.4) is 0 Å². The van der Waals surface area contributed by atoms with Crippen molar-refractivity contribution in [3.05, 3.63) is 12.2 Å². The highest BCUT2D eigenvalue weighted by Crippen LogP contribution is 2.00. The van der Waals surface area contributed by atoms with Crippen molar-refractivity contribution in [2.45, 2.75) is 0 Å². The molecule has 1 aliphatic heterocycles. The minimum absolute atomic E-state index is 0.0595. The molecule has 0 atom stereocenters. The van der Waals surface area contributed by atoms with Crippen molar-refractivity contribution in [3.63, 3.8) is 0 Å². The van der Waals surface area contributed by atoms with Gasteiger partial charge in [0.15, 0.2) is 0 Å². The molecule has 0 radical (unpaired) electrons. The van der Waals surface area contributed by atoms with E-state index < -0.39 is 17.8 Å². The van der Waals surface area contributed by atoms with E-state index in [-0.39, 0.29) is 6.54 Å². The lowest BCUT2D eigenvalue weighted by Crippen LogP contribution is -2.37. The average Bonchev–Trinajstić information content (AvgIpc) is 2.33. The number of amides is 2. The molecule has 0 bridgehead atoms. The van der Waals surface area contributed by atoms with Gasteiger partial charge in [0.05, 0.1) is 0 Å². The van der Waals surface area contributed by atoms with Gasteiger partial charge in [-0.15, -0.1) is 0 Å². The summed E-state index contributed by atoms with van der Waals surface area (Å²) in [6, 6.07) is 0. The van der Waals surface area contributed by atoms with Crippen LogP contribution >= 0.6 is 0 Å². The largest absolute Gasteiger partial charge is 0.474 e. The minimum Gasteiger partial charge on any atom is -0.474 e. The van der Waals surface area contributed by atoms with Gasteiger partial charge in [0.25, 0.3) is 5.91 Å². The standard InChI is InChI=1S/C6H5NO4/c8-4-2-1-3-7(4)5(9)6(10)11/h1-2H,3H2,(H,10,11). The smallest absolute Gasteiger partial charge is 0.395 e. The summed E-state index contributed by atoms with van der Waals surface area (Å²) in [5, 5.41) is 8.19. The summed E-state index contributed by atoms with van der Waals surface area (Å²) in [5.41, 5.74) is 0. The molecule has 2 amide bonds. The third kappa shape index (κ3) is 1.26. The second-order valence-electron chi connectivity index (χ2n) is 1.96. The van der Waals surface area contributed by atoms with E-state index in [1.165, 1.54) is 12.2 Å². The molecule has 5 nitrogen and oxygen atoms in total. The van der Waals surface area contributed by atoms with Crippen molar-refractivity contribution in [2.24, 2.45) is 0 Å². The number of imide groups is 1. The Kier molecular flexibility index (Phi) is 1.72. The van der Waals surface area contributed by atoms with E-state index in [1.807, 2.05) is 0 Å². The monoisotopic (exact) mass is 155 g/mol. The number of hydrogen-bond donors (Lipinski definition) is 1. The molecule has 1 N–H and O–H groups in total. The maximum absolute atomic E-state index is 10.7. The highest BCUT2D eigenvalue weighted by molar-refractivity contribution is 6.35. The minimum atomic E-state index is -1.61. The van der Waals surface area contributed by atoms with Crippen molar-refractivity contribution in [1.82, 2.24) is 4.90 Å². The van der Waals surface area contributed by atoms with Crippen LogP contribution in [-0.2, 0) is 14.4 Å². The van der Waals surface area contributed by atoms with Gasteiger partial charge < -0.3 is 5.11 Å². The van der Waals surface area contributed by atoms with Crippen LogP contribution in [0.25, 0.3) is 0 Å². The number of rotatable bonds is 0. The Morgan fingerprint density at radius 2 is 2.18 bits per heavy atom. The van der Waals surface area contributed by atoms with Crippen LogP contribution in [0.1, 0.15) is 0 Å². The van der Waals surface area contributed by atoms with Crippen LogP contribution in [0.15, 0.2) is 12.2 Å². The van der Waals surface area contributed by atoms with Gasteiger partial charge in [0.1, 0.15) is 0 Å². The maximum Gasteiger partial charge on any atom is 0.395 e. The van der Waals surface area contributed by atoms with Gasteiger partial charge in [-0.3, -0.25) is 14.5 Å². The van der Waals surface area contributed by atoms with E-state index >= 15 is 0 Å². The maximum atomic E-state index is 10.7. The van der Waals surface area contributed by atoms with Crippen molar-refractivity contribution >= 4 is 17.8 Å². The van der Waals surface area contributed by atoms with Crippen LogP contribution < -0.4 is 0 Å². The summed E-state index contributed by atoms with van der Waals surface area (Å²) in [6.45, 7) is 0.0595. The number of carbonyl (C=O) groups excluding carboxylic acids is 2. The molecule has 0 spiro atoms. The van der Waals surface area contributed by atoms with Gasteiger partial charge in [0.2, 0.25) is 0 Å². The van der Waals surface area contributed by atoms with Gasteiger partial charge in [-0.2, -0.15) is 0 Å². The van der Waals surface area contributed by atoms with Gasteiger partial charge >= 0.3 is 11.9 Å². The summed E-state index contributed by atoms with van der Waals surface area (Å²) in [7, 11) is 0. The Morgan fingerprint density at radius 1 is 1.55 bits per heavy atom. The number of hydrogen-bond acceptors (Lipinski definition) is 3. The third-order valence-electron chi connectivity index (χ3n) is 1.24. The van der Waals surface area contributed by atoms with Gasteiger partial charge in [-0.05, 0) is 0 Å². The lowest BCUT2D eigenvalue weighted by Gasteiger charge is -2.08. The molecular formula is C6H5NO4. The number of carboxylic acids is 1. The SMILES string of the molecule is O=C(O)C(=O)N1CC=CC1=O. The quantitative estimate of drug-likeness (QED) is 0.455. The van der Waals surface area contributed by atoms with E-state index in [0.29, 0.717) is 4.90 Å². The van der Waals surface area contributed by atoms with E-state index in [2.05, 4.69) is 0 Å². The fourth-order valence-corrected chi connectivity index (χ4v) is 0.737. The summed E-state index contributed by atoms with van der Waals surface area (Å²) < 4.78 is 0. The van der Waals surface area contributed by atoms with E-state index in [1.54, 1.807) is 0 Å². The number of carbonyl (C=O) groups is 3. The van der Waals surface area contributed by atoms with Crippen LogP contribution in [0.5, 0.6) is 0 Å². The van der Waals surface area contributed by atoms with Crippen LogP contribution in [0.2, 0.25) is 0 Å². The van der Waals surface area contributed by atoms with Crippen molar-refractivity contribution in [1.29, 1.82) is 0 Å². The second kappa shape index (κ2) is 2.53. The first-order valence-corrected chi connectivity index (χ1v) is 2.88. The zero-order valence-corrected chi connectivity index (χ0v) is 5.48. The van der Waals surface area contributed by atoms with Crippen molar-refractivity contribution < 1.29 is 19.5 Å². The molecule has 0 aromatic rings. The molecule has 0 aliphatic carbocycles. The van der Waals surface area contributed by atoms with Crippen LogP contribution in [0.4, 0.5) is 0 Å². The first kappa shape index (κ1) is 7.46. The molecular weight excluding hydrogens is 150 g/mol. The number of aliphatic carboxylic acids is 1. The Morgan fingerprint density at radius 3 is 2.55 bits per heavy atom. The van der Waals surface area contributed by atoms with Crippen LogP contribution in [-0.4, -0.2) is 34.3 Å². The summed E-state index contributed by atoms with van der Waals surface area (Å²) in [4.78, 5) is 32.0. The predicted molar refractivity (Wildman–Crippen MR) is 33.5 cm³/mol. The topological polar surface area (TPSA) is 74.7 Å². The second-order valence-corrected chi connectivity index (χ2v) is 1.96. The van der Waals surface area contributed by atoms with Gasteiger partial charge in [0, 0.05) is 12.6 Å². The van der Waals surface area contributed by atoms with Gasteiger partial charge in [-0.25, -0.2) is 4.79 Å². The summed E-state index contributed by atoms with van der Waals surface area (Å²) >= 11 is 0. The predicted octanol–water partition coefficient (Wildman–Crippen LogP) is -1.00. The summed E-state index contributed by atoms with van der Waals surface area (Å²) in [6.07, 6.45) is 2.60. The molecule has 5 heteroatoms. The molecule has 0 aromatic carbocycles. The Hall–Kier alpha value is -1.65. The van der Waals surface area contributed by atoms with Crippen molar-refractivity contribution in [2.75, 3.05) is 6.54 Å². The highest BCUT2D eigenvalue weighted by atomic mass is 16.4. The molecule has 0 unspecified atom stereocenters. The normalized spacial score (nSPS) is 15.6. The lowest BCUT2D eigenvalue weighted by molar-refractivity contribution is -0.158. The fraction of sp³-hybridized carbons (Fsp3) is 0.167. The Balaban J connectivity index is 2.71. The average molecular weight is 155 g/mol. The third-order valence-corrected chi connectivity index (χ3v) is 1.24. The molecule has 58 valence electrons. The van der Waals surface area contributed by atoms with E-state index in [9.17, 15) is 14.4 Å². The molecule has 0 saturated heterocycles. The molecule has 1 heterocycles. The number of carboxylic acid groups (broad SMARTS) is 1. The molecule has 0 fully saturated rings. The highest BCUT2D eigenvalue weighted by Gasteiger charge is 2.27. The molecule has 1 rings (SSSR count). The molecule has 0 aromatic heterocycles. The zero-order valence-electron chi connectivity index (χ0n) is 5.48. The molecule has 1 aliphatic rings. The Labute approximate surface area is 61.9 Å².